The van der Waals surface area contributed by atoms with Crippen molar-refractivity contribution in [3.63, 3.8) is 0 Å². The second-order valence-corrected chi connectivity index (χ2v) is 7.02. The molecule has 3 rings (SSSR count). The van der Waals surface area contributed by atoms with Gasteiger partial charge in [-0.3, -0.25) is 4.79 Å². The zero-order valence-corrected chi connectivity index (χ0v) is 14.2. The van der Waals surface area contributed by atoms with Crippen molar-refractivity contribution in [2.75, 3.05) is 13.1 Å². The molecule has 0 aromatic carbocycles. The van der Waals surface area contributed by atoms with Gasteiger partial charge in [-0.1, -0.05) is 6.92 Å². The van der Waals surface area contributed by atoms with Gasteiger partial charge in [0, 0.05) is 31.5 Å². The Balaban J connectivity index is 1.87. The summed E-state index contributed by atoms with van der Waals surface area (Å²) >= 11 is 1.36. The number of nitrogens with two attached hydrogens (primary N) is 1. The third-order valence-electron chi connectivity index (χ3n) is 4.26. The van der Waals surface area contributed by atoms with Crippen molar-refractivity contribution in [2.45, 2.75) is 32.7 Å². The van der Waals surface area contributed by atoms with Crippen molar-refractivity contribution in [3.8, 4) is 10.8 Å². The number of piperidine rings is 1. The van der Waals surface area contributed by atoms with Crippen LogP contribution < -0.4 is 5.73 Å². The number of nitrogens with zero attached hydrogens (tertiary/aromatic N) is 4. The molecule has 1 amide bonds. The molecule has 1 saturated heterocycles. The van der Waals surface area contributed by atoms with Gasteiger partial charge in [0.25, 0.3) is 5.91 Å². The van der Waals surface area contributed by atoms with Crippen molar-refractivity contribution < 1.29 is 4.79 Å². The van der Waals surface area contributed by atoms with Crippen LogP contribution >= 0.6 is 11.3 Å². The SMILES string of the molecule is Cc1nc(-c2ncccn2)sc1C(=O)N1CCC(C)CC1CN. The average Bonchev–Trinajstić information content (AvgIpc) is 2.97. The first-order valence-electron chi connectivity index (χ1n) is 7.86. The molecule has 23 heavy (non-hydrogen) atoms. The highest BCUT2D eigenvalue weighted by atomic mass is 32.1. The van der Waals surface area contributed by atoms with Crippen LogP contribution in [0.5, 0.6) is 0 Å². The number of amides is 1. The molecule has 1 fully saturated rings. The standard InChI is InChI=1S/C16H21N5OS/c1-10-4-7-21(12(8-10)9-17)16(22)13-11(2)20-15(23-13)14-18-5-3-6-19-14/h3,5-6,10,12H,4,7-9,17H2,1-2H3. The van der Waals surface area contributed by atoms with Gasteiger partial charge >= 0.3 is 0 Å². The summed E-state index contributed by atoms with van der Waals surface area (Å²) in [7, 11) is 0. The first-order valence-corrected chi connectivity index (χ1v) is 8.67. The molecule has 122 valence electrons. The maximum atomic E-state index is 12.9. The van der Waals surface area contributed by atoms with E-state index < -0.39 is 0 Å². The summed E-state index contributed by atoms with van der Waals surface area (Å²) in [6.45, 7) is 5.34. The second kappa shape index (κ2) is 6.72. The molecule has 2 unspecified atom stereocenters. The summed E-state index contributed by atoms with van der Waals surface area (Å²) in [6.07, 6.45) is 5.34. The molecule has 2 N–H and O–H groups in total. The molecule has 0 aliphatic carbocycles. The number of carbonyl (C=O) groups is 1. The van der Waals surface area contributed by atoms with Crippen molar-refractivity contribution in [1.82, 2.24) is 19.9 Å². The fourth-order valence-electron chi connectivity index (χ4n) is 2.97. The van der Waals surface area contributed by atoms with Gasteiger partial charge < -0.3 is 10.6 Å². The van der Waals surface area contributed by atoms with Gasteiger partial charge in [0.05, 0.1) is 5.69 Å². The van der Waals surface area contributed by atoms with Crippen molar-refractivity contribution >= 4 is 17.2 Å². The summed E-state index contributed by atoms with van der Waals surface area (Å²) in [5, 5.41) is 0.682. The van der Waals surface area contributed by atoms with E-state index in [1.807, 2.05) is 11.8 Å². The number of aryl methyl sites for hydroxylation is 1. The maximum Gasteiger partial charge on any atom is 0.266 e. The van der Waals surface area contributed by atoms with Gasteiger partial charge in [0.1, 0.15) is 4.88 Å². The number of likely N-dealkylation sites (tertiary alicyclic amines) is 1. The third kappa shape index (κ3) is 3.25. The maximum absolute atomic E-state index is 12.9. The van der Waals surface area contributed by atoms with Gasteiger partial charge in [0.2, 0.25) is 0 Å². The van der Waals surface area contributed by atoms with Gasteiger partial charge in [-0.25, -0.2) is 15.0 Å². The molecular weight excluding hydrogens is 310 g/mol. The van der Waals surface area contributed by atoms with Crippen molar-refractivity contribution in [2.24, 2.45) is 11.7 Å². The molecular formula is C16H21N5OS. The molecule has 1 aliphatic rings. The number of thiazole rings is 1. The highest BCUT2D eigenvalue weighted by molar-refractivity contribution is 7.17. The zero-order chi connectivity index (χ0) is 16.4. The Morgan fingerprint density at radius 1 is 1.43 bits per heavy atom. The molecule has 0 radical (unpaired) electrons. The van der Waals surface area contributed by atoms with E-state index in [1.54, 1.807) is 18.5 Å². The zero-order valence-electron chi connectivity index (χ0n) is 13.4. The number of carbonyl (C=O) groups excluding carboxylic acids is 1. The topological polar surface area (TPSA) is 85.0 Å². The van der Waals surface area contributed by atoms with Gasteiger partial charge in [-0.15, -0.1) is 11.3 Å². The molecule has 3 heterocycles. The second-order valence-electron chi connectivity index (χ2n) is 6.02. The van der Waals surface area contributed by atoms with Crippen LogP contribution in [-0.2, 0) is 0 Å². The Hall–Kier alpha value is -1.86. The van der Waals surface area contributed by atoms with Crippen LogP contribution in [0.1, 0.15) is 35.1 Å². The highest BCUT2D eigenvalue weighted by Gasteiger charge is 2.31. The van der Waals surface area contributed by atoms with E-state index in [4.69, 9.17) is 5.73 Å². The van der Waals surface area contributed by atoms with Crippen molar-refractivity contribution in [3.05, 3.63) is 29.0 Å². The summed E-state index contributed by atoms with van der Waals surface area (Å²) in [5.74, 6) is 1.20. The van der Waals surface area contributed by atoms with Crippen molar-refractivity contribution in [1.29, 1.82) is 0 Å². The van der Waals surface area contributed by atoms with Crippen LogP contribution in [0.4, 0.5) is 0 Å². The monoisotopic (exact) mass is 331 g/mol. The van der Waals surface area contributed by atoms with E-state index in [1.165, 1.54) is 11.3 Å². The van der Waals surface area contributed by atoms with E-state index in [9.17, 15) is 4.79 Å². The predicted octanol–water partition coefficient (Wildman–Crippen LogP) is 2.11. The summed E-state index contributed by atoms with van der Waals surface area (Å²) < 4.78 is 0. The molecule has 2 atom stereocenters. The fraction of sp³-hybridized carbons (Fsp3) is 0.500. The Morgan fingerprint density at radius 3 is 2.87 bits per heavy atom. The number of hydrogen-bond donors (Lipinski definition) is 1. The lowest BCUT2D eigenvalue weighted by Crippen LogP contribution is -2.49. The molecule has 0 saturated carbocycles. The molecule has 2 aromatic rings. The third-order valence-corrected chi connectivity index (χ3v) is 5.40. The van der Waals surface area contributed by atoms with Crippen LogP contribution in [0.15, 0.2) is 18.5 Å². The van der Waals surface area contributed by atoms with Crippen LogP contribution in [0, 0.1) is 12.8 Å². The first-order chi connectivity index (χ1) is 11.1. The lowest BCUT2D eigenvalue weighted by Gasteiger charge is -2.37. The minimum absolute atomic E-state index is 0.0320. The summed E-state index contributed by atoms with van der Waals surface area (Å²) in [4.78, 5) is 28.4. The largest absolute Gasteiger partial charge is 0.334 e. The molecule has 0 bridgehead atoms. The number of rotatable bonds is 3. The number of hydrogen-bond acceptors (Lipinski definition) is 6. The summed E-state index contributed by atoms with van der Waals surface area (Å²) in [5.41, 5.74) is 6.61. The smallest absolute Gasteiger partial charge is 0.266 e. The lowest BCUT2D eigenvalue weighted by atomic mass is 9.92. The Labute approximate surface area is 139 Å². The van der Waals surface area contributed by atoms with E-state index in [-0.39, 0.29) is 11.9 Å². The molecule has 2 aromatic heterocycles. The average molecular weight is 331 g/mol. The van der Waals surface area contributed by atoms with Crippen LogP contribution in [0.2, 0.25) is 0 Å². The first kappa shape index (κ1) is 16.0. The quantitative estimate of drug-likeness (QED) is 0.931. The predicted molar refractivity (Wildman–Crippen MR) is 90.2 cm³/mol. The number of aromatic nitrogens is 3. The minimum Gasteiger partial charge on any atom is -0.334 e. The molecule has 6 nitrogen and oxygen atoms in total. The van der Waals surface area contributed by atoms with Gasteiger partial charge in [0.15, 0.2) is 10.8 Å². The van der Waals surface area contributed by atoms with Gasteiger partial charge in [-0.2, -0.15) is 0 Å². The Bertz CT molecular complexity index is 687. The van der Waals surface area contributed by atoms with Crippen LogP contribution in [0.3, 0.4) is 0 Å². The van der Waals surface area contributed by atoms with Crippen LogP contribution in [-0.4, -0.2) is 44.9 Å². The van der Waals surface area contributed by atoms with E-state index >= 15 is 0 Å². The molecule has 1 aliphatic heterocycles. The Morgan fingerprint density at radius 2 is 2.17 bits per heavy atom. The highest BCUT2D eigenvalue weighted by Crippen LogP contribution is 2.29. The molecule has 0 spiro atoms. The van der Waals surface area contributed by atoms with E-state index in [2.05, 4.69) is 21.9 Å². The minimum atomic E-state index is 0.0320. The summed E-state index contributed by atoms with van der Waals surface area (Å²) in [6, 6.07) is 1.88. The fourth-order valence-corrected chi connectivity index (χ4v) is 3.94. The van der Waals surface area contributed by atoms with Crippen LogP contribution in [0.25, 0.3) is 10.8 Å². The van der Waals surface area contributed by atoms with E-state index in [0.717, 1.165) is 25.1 Å². The molecule has 7 heteroatoms. The normalized spacial score (nSPS) is 21.4. The lowest BCUT2D eigenvalue weighted by molar-refractivity contribution is 0.0577. The van der Waals surface area contributed by atoms with E-state index in [0.29, 0.717) is 28.2 Å². The van der Waals surface area contributed by atoms with Gasteiger partial charge in [-0.05, 0) is 31.7 Å². The Kier molecular flexibility index (Phi) is 4.68.